The lowest BCUT2D eigenvalue weighted by molar-refractivity contribution is -0.154. The topological polar surface area (TPSA) is 101 Å². The van der Waals surface area contributed by atoms with E-state index in [-0.39, 0.29) is 24.3 Å². The largest absolute Gasteiger partial charge is 0.453 e. The first-order chi connectivity index (χ1) is 13.4. The molecule has 0 aliphatic heterocycles. The molecule has 0 fully saturated rings. The van der Waals surface area contributed by atoms with E-state index in [4.69, 9.17) is 4.74 Å². The van der Waals surface area contributed by atoms with Crippen LogP contribution in [0.4, 0.5) is 0 Å². The van der Waals surface area contributed by atoms with Gasteiger partial charge in [0.1, 0.15) is 10.7 Å². The number of amides is 1. The lowest BCUT2D eigenvalue weighted by atomic mass is 9.89. The van der Waals surface area contributed by atoms with E-state index in [0.717, 1.165) is 36.1 Å². The lowest BCUT2D eigenvalue weighted by Gasteiger charge is -2.17. The molecule has 3 rings (SSSR count). The van der Waals surface area contributed by atoms with Crippen molar-refractivity contribution >= 4 is 33.4 Å². The molecular weight excluding hydrogens is 378 g/mol. The van der Waals surface area contributed by atoms with Gasteiger partial charge in [0.2, 0.25) is 0 Å². The highest BCUT2D eigenvalue weighted by molar-refractivity contribution is 7.18. The van der Waals surface area contributed by atoms with Gasteiger partial charge in [-0.1, -0.05) is 13.8 Å². The molecule has 0 spiro atoms. The van der Waals surface area contributed by atoms with Crippen molar-refractivity contribution in [3.05, 3.63) is 26.6 Å². The van der Waals surface area contributed by atoms with Gasteiger partial charge < -0.3 is 15.0 Å². The highest BCUT2D eigenvalue weighted by atomic mass is 32.1. The summed E-state index contributed by atoms with van der Waals surface area (Å²) in [6.07, 6.45) is 3.32. The molecule has 28 heavy (non-hydrogen) atoms. The number of nitrogens with zero attached hydrogens (tertiary/aromatic N) is 1. The monoisotopic (exact) mass is 405 g/mol. The smallest absolute Gasteiger partial charge is 0.307 e. The van der Waals surface area contributed by atoms with Crippen LogP contribution in [0.2, 0.25) is 0 Å². The second kappa shape index (κ2) is 8.86. The van der Waals surface area contributed by atoms with Gasteiger partial charge in [-0.05, 0) is 44.1 Å². The van der Waals surface area contributed by atoms with Gasteiger partial charge in [-0.25, -0.2) is 4.98 Å². The van der Waals surface area contributed by atoms with Crippen LogP contribution in [0.5, 0.6) is 0 Å². The molecule has 152 valence electrons. The Bertz CT molecular complexity index is 933. The number of aryl methyl sites for hydroxylation is 2. The lowest BCUT2D eigenvalue weighted by Crippen LogP contribution is -2.36. The molecule has 2 aromatic rings. The standard InChI is InChI=1S/C20H27N3O4S/c1-4-9-21-18(25)12(3)27-16(24)8-7-15-22-19(26)17-13-6-5-11(2)10-14(13)28-20(17)23-15/h11-12H,4-10H2,1-3H3,(H,21,25)(H,22,23,26)/t11-,12+/m1/s1. The predicted octanol–water partition coefficient (Wildman–Crippen LogP) is 2.50. The normalized spacial score (nSPS) is 17.2. The highest BCUT2D eigenvalue weighted by Gasteiger charge is 2.23. The minimum atomic E-state index is -0.834. The molecule has 2 aromatic heterocycles. The summed E-state index contributed by atoms with van der Waals surface area (Å²) in [5, 5.41) is 3.40. The van der Waals surface area contributed by atoms with E-state index >= 15 is 0 Å². The number of hydrogen-bond acceptors (Lipinski definition) is 6. The van der Waals surface area contributed by atoms with E-state index in [9.17, 15) is 14.4 Å². The summed E-state index contributed by atoms with van der Waals surface area (Å²) in [6.45, 7) is 6.28. The molecule has 2 atom stereocenters. The fourth-order valence-electron chi connectivity index (χ4n) is 3.43. The quantitative estimate of drug-likeness (QED) is 0.689. The summed E-state index contributed by atoms with van der Waals surface area (Å²) < 4.78 is 5.16. The zero-order valence-corrected chi connectivity index (χ0v) is 17.4. The van der Waals surface area contributed by atoms with Crippen molar-refractivity contribution in [1.29, 1.82) is 0 Å². The van der Waals surface area contributed by atoms with Crippen molar-refractivity contribution in [1.82, 2.24) is 15.3 Å². The molecule has 0 bridgehead atoms. The molecule has 0 radical (unpaired) electrons. The van der Waals surface area contributed by atoms with E-state index in [2.05, 4.69) is 22.2 Å². The third-order valence-corrected chi connectivity index (χ3v) is 6.16. The molecule has 0 saturated heterocycles. The van der Waals surface area contributed by atoms with E-state index in [1.807, 2.05) is 6.92 Å². The van der Waals surface area contributed by atoms with Gasteiger partial charge in [-0.15, -0.1) is 11.3 Å². The van der Waals surface area contributed by atoms with Crippen molar-refractivity contribution in [3.8, 4) is 0 Å². The molecule has 1 aliphatic rings. The number of H-pyrrole nitrogens is 1. The van der Waals surface area contributed by atoms with Gasteiger partial charge in [0.05, 0.1) is 11.8 Å². The van der Waals surface area contributed by atoms with Crippen LogP contribution in [-0.4, -0.2) is 34.5 Å². The Morgan fingerprint density at radius 1 is 1.43 bits per heavy atom. The Hall–Kier alpha value is -2.22. The van der Waals surface area contributed by atoms with Crippen LogP contribution in [0.3, 0.4) is 0 Å². The maximum absolute atomic E-state index is 12.6. The Balaban J connectivity index is 1.64. The molecule has 0 saturated carbocycles. The van der Waals surface area contributed by atoms with Crippen LogP contribution in [0.25, 0.3) is 10.2 Å². The summed E-state index contributed by atoms with van der Waals surface area (Å²) in [6, 6.07) is 0. The number of carbonyl (C=O) groups is 2. The number of esters is 1. The molecule has 0 aromatic carbocycles. The number of carbonyl (C=O) groups excluding carboxylic acids is 2. The molecule has 0 unspecified atom stereocenters. The first-order valence-corrected chi connectivity index (χ1v) is 10.7. The van der Waals surface area contributed by atoms with Crippen molar-refractivity contribution in [2.24, 2.45) is 5.92 Å². The van der Waals surface area contributed by atoms with Crippen molar-refractivity contribution < 1.29 is 14.3 Å². The number of nitrogens with one attached hydrogen (secondary N) is 2. The fourth-order valence-corrected chi connectivity index (χ4v) is 4.84. The second-order valence-corrected chi connectivity index (χ2v) is 8.55. The Kier molecular flexibility index (Phi) is 6.49. The van der Waals surface area contributed by atoms with Crippen LogP contribution < -0.4 is 10.9 Å². The minimum absolute atomic E-state index is 0.0575. The van der Waals surface area contributed by atoms with Crippen molar-refractivity contribution in [2.75, 3.05) is 6.54 Å². The fraction of sp³-hybridized carbons (Fsp3) is 0.600. The Morgan fingerprint density at radius 3 is 2.96 bits per heavy atom. The maximum atomic E-state index is 12.6. The van der Waals surface area contributed by atoms with Crippen molar-refractivity contribution in [2.45, 2.75) is 65.4 Å². The summed E-state index contributed by atoms with van der Waals surface area (Å²) in [5.41, 5.74) is 1.01. The summed E-state index contributed by atoms with van der Waals surface area (Å²) in [7, 11) is 0. The first-order valence-electron chi connectivity index (χ1n) is 9.89. The Labute approximate surface area is 167 Å². The van der Waals surface area contributed by atoms with Crippen LogP contribution in [0.1, 0.15) is 56.3 Å². The first kappa shape index (κ1) is 20.5. The van der Waals surface area contributed by atoms with Gasteiger partial charge in [0.25, 0.3) is 11.5 Å². The van der Waals surface area contributed by atoms with Crippen LogP contribution in [0, 0.1) is 5.92 Å². The third kappa shape index (κ3) is 4.60. The van der Waals surface area contributed by atoms with Crippen molar-refractivity contribution in [3.63, 3.8) is 0 Å². The number of aromatic amines is 1. The summed E-state index contributed by atoms with van der Waals surface area (Å²) in [4.78, 5) is 45.8. The average Bonchev–Trinajstić information content (AvgIpc) is 3.01. The summed E-state index contributed by atoms with van der Waals surface area (Å²) >= 11 is 1.59. The zero-order valence-electron chi connectivity index (χ0n) is 16.6. The number of ether oxygens (including phenoxy) is 1. The molecule has 2 heterocycles. The average molecular weight is 406 g/mol. The molecule has 1 amide bonds. The maximum Gasteiger partial charge on any atom is 0.307 e. The van der Waals surface area contributed by atoms with E-state index in [1.54, 1.807) is 18.3 Å². The van der Waals surface area contributed by atoms with Gasteiger partial charge in [0, 0.05) is 17.8 Å². The number of fused-ring (bicyclic) bond motifs is 3. The third-order valence-electron chi connectivity index (χ3n) is 5.01. The second-order valence-electron chi connectivity index (χ2n) is 7.47. The molecule has 1 aliphatic carbocycles. The van der Waals surface area contributed by atoms with E-state index in [0.29, 0.717) is 23.7 Å². The zero-order chi connectivity index (χ0) is 20.3. The van der Waals surface area contributed by atoms with E-state index < -0.39 is 12.1 Å². The van der Waals surface area contributed by atoms with Gasteiger partial charge in [0.15, 0.2) is 6.10 Å². The molecule has 7 nitrogen and oxygen atoms in total. The predicted molar refractivity (Wildman–Crippen MR) is 109 cm³/mol. The number of rotatable bonds is 7. The molecule has 2 N–H and O–H groups in total. The van der Waals surface area contributed by atoms with Gasteiger partial charge in [-0.2, -0.15) is 0 Å². The van der Waals surface area contributed by atoms with Gasteiger partial charge in [-0.3, -0.25) is 14.4 Å². The number of thiophene rings is 1. The van der Waals surface area contributed by atoms with Crippen LogP contribution >= 0.6 is 11.3 Å². The number of hydrogen-bond donors (Lipinski definition) is 2. The Morgan fingerprint density at radius 2 is 2.21 bits per heavy atom. The van der Waals surface area contributed by atoms with Crippen LogP contribution in [0.15, 0.2) is 4.79 Å². The minimum Gasteiger partial charge on any atom is -0.453 e. The van der Waals surface area contributed by atoms with E-state index in [1.165, 1.54) is 4.88 Å². The summed E-state index contributed by atoms with van der Waals surface area (Å²) in [5.74, 6) is 0.317. The molecular formula is C20H27N3O4S. The highest BCUT2D eigenvalue weighted by Crippen LogP contribution is 2.35. The SMILES string of the molecule is CCCNC(=O)[C@H](C)OC(=O)CCc1nc2sc3c(c2c(=O)[nH]1)CC[C@@H](C)C3. The van der Waals surface area contributed by atoms with Gasteiger partial charge >= 0.3 is 5.97 Å². The molecule has 8 heteroatoms. The van der Waals surface area contributed by atoms with Crippen LogP contribution in [-0.2, 0) is 33.6 Å². The number of aromatic nitrogens is 2.